The van der Waals surface area contributed by atoms with Crippen molar-refractivity contribution in [2.45, 2.75) is 31.3 Å². The third-order valence-electron chi connectivity index (χ3n) is 4.09. The first-order valence-corrected chi connectivity index (χ1v) is 7.21. The van der Waals surface area contributed by atoms with Crippen LogP contribution in [-0.2, 0) is 19.1 Å². The summed E-state index contributed by atoms with van der Waals surface area (Å²) < 4.78 is 52.1. The van der Waals surface area contributed by atoms with E-state index in [-0.39, 0.29) is 12.1 Å². The van der Waals surface area contributed by atoms with Gasteiger partial charge >= 0.3 is 6.18 Å². The Labute approximate surface area is 130 Å². The first-order chi connectivity index (χ1) is 10.9. The summed E-state index contributed by atoms with van der Waals surface area (Å²) in [5.74, 6) is -0.924. The minimum Gasteiger partial charge on any atom is -0.391 e. The minimum atomic E-state index is -4.62. The number of fused-ring (bicyclic) bond motifs is 1. The van der Waals surface area contributed by atoms with Crippen LogP contribution in [0, 0.1) is 5.82 Å². The van der Waals surface area contributed by atoms with Gasteiger partial charge in [0, 0.05) is 13.0 Å². The molecule has 0 saturated carbocycles. The molecule has 2 nitrogen and oxygen atoms in total. The number of nitrogens with one attached hydrogen (secondary N) is 1. The van der Waals surface area contributed by atoms with Gasteiger partial charge in [0.2, 0.25) is 0 Å². The highest BCUT2D eigenvalue weighted by Crippen LogP contribution is 2.34. The van der Waals surface area contributed by atoms with Crippen LogP contribution in [0.3, 0.4) is 0 Å². The lowest BCUT2D eigenvalue weighted by Crippen LogP contribution is -2.29. The Bertz CT molecular complexity index is 714. The van der Waals surface area contributed by atoms with Crippen molar-refractivity contribution < 1.29 is 22.7 Å². The molecule has 0 aliphatic heterocycles. The molecule has 0 aromatic heterocycles. The molecule has 0 heterocycles. The molecule has 2 N–H and O–H groups in total. The number of aliphatic hydroxyl groups is 1. The fraction of sp³-hybridized carbons (Fsp3) is 0.294. The highest BCUT2D eigenvalue weighted by Gasteiger charge is 2.35. The SMILES string of the molecule is O[C@H]1Cc2ccccc2[C@H]1NCc1ccc(F)cc1C(F)(F)F. The van der Waals surface area contributed by atoms with Crippen molar-refractivity contribution in [3.05, 3.63) is 70.5 Å². The van der Waals surface area contributed by atoms with Crippen LogP contribution in [0.1, 0.15) is 28.3 Å². The van der Waals surface area contributed by atoms with Crippen molar-refractivity contribution in [1.29, 1.82) is 0 Å². The van der Waals surface area contributed by atoms with Crippen molar-refractivity contribution in [2.75, 3.05) is 0 Å². The van der Waals surface area contributed by atoms with E-state index < -0.39 is 29.7 Å². The normalized spacial score (nSPS) is 20.6. The van der Waals surface area contributed by atoms with Crippen molar-refractivity contribution >= 4 is 0 Å². The maximum absolute atomic E-state index is 13.1. The maximum atomic E-state index is 13.1. The second-order valence-electron chi connectivity index (χ2n) is 5.63. The van der Waals surface area contributed by atoms with Crippen LogP contribution in [0.25, 0.3) is 0 Å². The van der Waals surface area contributed by atoms with E-state index in [1.807, 2.05) is 24.3 Å². The summed E-state index contributed by atoms with van der Waals surface area (Å²) >= 11 is 0. The lowest BCUT2D eigenvalue weighted by Gasteiger charge is -2.20. The quantitative estimate of drug-likeness (QED) is 0.845. The fourth-order valence-corrected chi connectivity index (χ4v) is 3.01. The number of benzene rings is 2. The standard InChI is InChI=1S/C17H15F4NO/c18-12-6-5-11(14(8-12)17(19,20)21)9-22-16-13-4-2-1-3-10(13)7-15(16)23/h1-6,8,15-16,22-23H,7,9H2/t15-,16+/m0/s1. The van der Waals surface area contributed by atoms with Gasteiger partial charge in [0.05, 0.1) is 17.7 Å². The number of hydrogen-bond donors (Lipinski definition) is 2. The maximum Gasteiger partial charge on any atom is 0.416 e. The van der Waals surface area contributed by atoms with Gasteiger partial charge in [-0.15, -0.1) is 0 Å². The highest BCUT2D eigenvalue weighted by atomic mass is 19.4. The average molecular weight is 325 g/mol. The molecule has 1 aliphatic rings. The van der Waals surface area contributed by atoms with Crippen LogP contribution in [0.2, 0.25) is 0 Å². The molecular formula is C17H15F4NO. The van der Waals surface area contributed by atoms with E-state index in [2.05, 4.69) is 5.32 Å². The number of rotatable bonds is 3. The van der Waals surface area contributed by atoms with Gasteiger partial charge in [-0.3, -0.25) is 0 Å². The van der Waals surface area contributed by atoms with E-state index in [9.17, 15) is 22.7 Å². The first kappa shape index (κ1) is 16.0. The number of alkyl halides is 3. The predicted molar refractivity (Wildman–Crippen MR) is 77.1 cm³/mol. The molecule has 0 saturated heterocycles. The summed E-state index contributed by atoms with van der Waals surface area (Å²) in [7, 11) is 0. The molecule has 2 aromatic rings. The molecule has 0 radical (unpaired) electrons. The van der Waals surface area contributed by atoms with Crippen LogP contribution < -0.4 is 5.32 Å². The largest absolute Gasteiger partial charge is 0.416 e. The zero-order chi connectivity index (χ0) is 16.6. The molecule has 2 atom stereocenters. The zero-order valence-electron chi connectivity index (χ0n) is 12.1. The van der Waals surface area contributed by atoms with Gasteiger partial charge in [0.15, 0.2) is 0 Å². The molecule has 0 amide bonds. The van der Waals surface area contributed by atoms with Gasteiger partial charge in [-0.25, -0.2) is 4.39 Å². The van der Waals surface area contributed by atoms with Crippen molar-refractivity contribution in [3.63, 3.8) is 0 Å². The van der Waals surface area contributed by atoms with Crippen LogP contribution >= 0.6 is 0 Å². The summed E-state index contributed by atoms with van der Waals surface area (Å²) in [6.45, 7) is -0.106. The molecule has 1 aliphatic carbocycles. The van der Waals surface area contributed by atoms with Gasteiger partial charge in [0.25, 0.3) is 0 Å². The fourth-order valence-electron chi connectivity index (χ4n) is 3.01. The molecule has 23 heavy (non-hydrogen) atoms. The van der Waals surface area contributed by atoms with Crippen molar-refractivity contribution in [3.8, 4) is 0 Å². The zero-order valence-corrected chi connectivity index (χ0v) is 12.1. The molecule has 3 rings (SSSR count). The van der Waals surface area contributed by atoms with Gasteiger partial charge in [0.1, 0.15) is 5.82 Å². The smallest absolute Gasteiger partial charge is 0.391 e. The Morgan fingerprint density at radius 2 is 1.87 bits per heavy atom. The Hall–Kier alpha value is -1.92. The molecule has 2 aromatic carbocycles. The second kappa shape index (κ2) is 5.94. The second-order valence-corrected chi connectivity index (χ2v) is 5.63. The molecule has 0 spiro atoms. The van der Waals surface area contributed by atoms with E-state index >= 15 is 0 Å². The monoisotopic (exact) mass is 325 g/mol. The average Bonchev–Trinajstić information content (AvgIpc) is 2.80. The van der Waals surface area contributed by atoms with Crippen molar-refractivity contribution in [1.82, 2.24) is 5.32 Å². The summed E-state index contributed by atoms with van der Waals surface area (Å²) in [5, 5.41) is 13.1. The van der Waals surface area contributed by atoms with Crippen molar-refractivity contribution in [2.24, 2.45) is 0 Å². The Morgan fingerprint density at radius 3 is 2.61 bits per heavy atom. The summed E-state index contributed by atoms with van der Waals surface area (Å²) in [4.78, 5) is 0. The third-order valence-corrected chi connectivity index (χ3v) is 4.09. The van der Waals surface area contributed by atoms with Crippen LogP contribution in [-0.4, -0.2) is 11.2 Å². The third kappa shape index (κ3) is 3.23. The van der Waals surface area contributed by atoms with Crippen LogP contribution in [0.4, 0.5) is 17.6 Å². The van der Waals surface area contributed by atoms with Crippen LogP contribution in [0.5, 0.6) is 0 Å². The van der Waals surface area contributed by atoms with Gasteiger partial charge in [-0.2, -0.15) is 13.2 Å². The van der Waals surface area contributed by atoms with E-state index in [1.54, 1.807) is 0 Å². The van der Waals surface area contributed by atoms with Crippen LogP contribution in [0.15, 0.2) is 42.5 Å². The topological polar surface area (TPSA) is 32.3 Å². The molecule has 0 unspecified atom stereocenters. The Morgan fingerprint density at radius 1 is 1.13 bits per heavy atom. The Balaban J connectivity index is 1.82. The number of hydrogen-bond acceptors (Lipinski definition) is 2. The van der Waals surface area contributed by atoms with Gasteiger partial charge in [-0.05, 0) is 28.8 Å². The molecule has 0 fully saturated rings. The molecule has 122 valence electrons. The van der Waals surface area contributed by atoms with Gasteiger partial charge in [-0.1, -0.05) is 30.3 Å². The number of halogens is 4. The van der Waals surface area contributed by atoms with E-state index in [4.69, 9.17) is 0 Å². The van der Waals surface area contributed by atoms with Gasteiger partial charge < -0.3 is 10.4 Å². The molecule has 6 heteroatoms. The van der Waals surface area contributed by atoms with E-state index in [1.165, 1.54) is 0 Å². The highest BCUT2D eigenvalue weighted by molar-refractivity contribution is 5.37. The summed E-state index contributed by atoms with van der Waals surface area (Å²) in [6, 6.07) is 9.61. The summed E-state index contributed by atoms with van der Waals surface area (Å²) in [6.07, 6.45) is -4.85. The molecule has 0 bridgehead atoms. The lowest BCUT2D eigenvalue weighted by atomic mass is 10.0. The minimum absolute atomic E-state index is 0.0459. The first-order valence-electron chi connectivity index (χ1n) is 7.21. The molecular weight excluding hydrogens is 310 g/mol. The summed E-state index contributed by atoms with van der Waals surface area (Å²) in [5.41, 5.74) is 0.824. The predicted octanol–water partition coefficient (Wildman–Crippen LogP) is 3.59. The van der Waals surface area contributed by atoms with E-state index in [0.717, 1.165) is 23.3 Å². The van der Waals surface area contributed by atoms with E-state index in [0.29, 0.717) is 12.5 Å². The number of aliphatic hydroxyl groups excluding tert-OH is 1. The Kier molecular flexibility index (Phi) is 4.12. The lowest BCUT2D eigenvalue weighted by molar-refractivity contribution is -0.138.